The Morgan fingerprint density at radius 3 is 2.43 bits per heavy atom. The summed E-state index contributed by atoms with van der Waals surface area (Å²) in [5.41, 5.74) is 3.51. The molecule has 0 spiro atoms. The van der Waals surface area contributed by atoms with Crippen LogP contribution in [-0.2, 0) is 5.75 Å². The average molecular weight is 433 g/mol. The van der Waals surface area contributed by atoms with Gasteiger partial charge in [-0.3, -0.25) is 4.57 Å². The van der Waals surface area contributed by atoms with Crippen molar-refractivity contribution in [1.82, 2.24) is 14.8 Å². The van der Waals surface area contributed by atoms with E-state index in [9.17, 15) is 0 Å². The molecule has 30 heavy (non-hydrogen) atoms. The third-order valence-corrected chi connectivity index (χ3v) is 5.77. The maximum absolute atomic E-state index is 8.98. The first kappa shape index (κ1) is 20.0. The molecular weight excluding hydrogens is 416 g/mol. The maximum atomic E-state index is 8.98. The summed E-state index contributed by atoms with van der Waals surface area (Å²) in [6, 6.07) is 25.0. The van der Waals surface area contributed by atoms with Gasteiger partial charge in [0.1, 0.15) is 5.75 Å². The fraction of sp³-hybridized carbons (Fsp3) is 0.0870. The molecule has 4 aromatic rings. The van der Waals surface area contributed by atoms with Gasteiger partial charge in [0.15, 0.2) is 11.0 Å². The van der Waals surface area contributed by atoms with Gasteiger partial charge in [-0.05, 0) is 54.1 Å². The van der Waals surface area contributed by atoms with Gasteiger partial charge >= 0.3 is 0 Å². The van der Waals surface area contributed by atoms with Crippen LogP contribution in [0.2, 0.25) is 5.02 Å². The van der Waals surface area contributed by atoms with Gasteiger partial charge in [-0.25, -0.2) is 0 Å². The van der Waals surface area contributed by atoms with E-state index in [2.05, 4.69) is 16.3 Å². The normalized spacial score (nSPS) is 10.6. The van der Waals surface area contributed by atoms with Gasteiger partial charge in [0.25, 0.3) is 0 Å². The molecule has 0 aliphatic heterocycles. The Balaban J connectivity index is 1.74. The van der Waals surface area contributed by atoms with Crippen LogP contribution >= 0.6 is 23.4 Å². The number of benzene rings is 3. The zero-order valence-corrected chi connectivity index (χ0v) is 17.7. The van der Waals surface area contributed by atoms with Gasteiger partial charge in [0.05, 0.1) is 24.3 Å². The van der Waals surface area contributed by atoms with Gasteiger partial charge in [-0.1, -0.05) is 47.6 Å². The maximum Gasteiger partial charge on any atom is 0.196 e. The lowest BCUT2D eigenvalue weighted by atomic mass is 10.2. The first-order valence-corrected chi connectivity index (χ1v) is 10.5. The summed E-state index contributed by atoms with van der Waals surface area (Å²) in [5.74, 6) is 2.12. The van der Waals surface area contributed by atoms with Crippen molar-refractivity contribution in [3.05, 3.63) is 88.9 Å². The lowest BCUT2D eigenvalue weighted by molar-refractivity contribution is 0.416. The van der Waals surface area contributed by atoms with Crippen LogP contribution in [-0.4, -0.2) is 21.9 Å². The summed E-state index contributed by atoms with van der Waals surface area (Å²) in [6.45, 7) is 0. The van der Waals surface area contributed by atoms with E-state index in [-0.39, 0.29) is 0 Å². The lowest BCUT2D eigenvalue weighted by Crippen LogP contribution is -2.01. The molecule has 4 rings (SSSR count). The molecule has 0 N–H and O–H groups in total. The van der Waals surface area contributed by atoms with Crippen LogP contribution in [0.3, 0.4) is 0 Å². The standard InChI is InChI=1S/C23H17ClN4OS/c1-29-21-5-3-2-4-20(21)22-26-27-23(28(22)19-12-10-18(24)11-13-19)30-15-17-8-6-16(14-25)7-9-17/h2-13H,15H2,1H3. The Kier molecular flexibility index (Phi) is 6.03. The monoisotopic (exact) mass is 432 g/mol. The first-order valence-electron chi connectivity index (χ1n) is 9.16. The summed E-state index contributed by atoms with van der Waals surface area (Å²) in [7, 11) is 1.64. The van der Waals surface area contributed by atoms with Gasteiger partial charge in [-0.15, -0.1) is 10.2 Å². The molecule has 5 nitrogen and oxygen atoms in total. The zero-order valence-electron chi connectivity index (χ0n) is 16.1. The van der Waals surface area contributed by atoms with E-state index >= 15 is 0 Å². The SMILES string of the molecule is COc1ccccc1-c1nnc(SCc2ccc(C#N)cc2)n1-c1ccc(Cl)cc1. The van der Waals surface area contributed by atoms with Crippen molar-refractivity contribution < 1.29 is 4.74 Å². The van der Waals surface area contributed by atoms with Crippen LogP contribution in [0, 0.1) is 11.3 Å². The topological polar surface area (TPSA) is 63.7 Å². The summed E-state index contributed by atoms with van der Waals surface area (Å²) < 4.78 is 7.54. The number of halogens is 1. The second-order valence-electron chi connectivity index (χ2n) is 6.42. The van der Waals surface area contributed by atoms with Crippen LogP contribution in [0.4, 0.5) is 0 Å². The Hall–Kier alpha value is -3.27. The third-order valence-electron chi connectivity index (χ3n) is 4.52. The summed E-state index contributed by atoms with van der Waals surface area (Å²) in [6.07, 6.45) is 0. The number of nitriles is 1. The number of thioether (sulfide) groups is 1. The Bertz CT molecular complexity index is 1200. The molecule has 0 amide bonds. The number of rotatable bonds is 6. The van der Waals surface area contributed by atoms with Gasteiger partial charge < -0.3 is 4.74 Å². The number of ether oxygens (including phenoxy) is 1. The van der Waals surface area contributed by atoms with Crippen molar-refractivity contribution in [2.45, 2.75) is 10.9 Å². The van der Waals surface area contributed by atoms with Crippen molar-refractivity contribution in [1.29, 1.82) is 5.26 Å². The van der Waals surface area contributed by atoms with Crippen molar-refractivity contribution in [3.63, 3.8) is 0 Å². The highest BCUT2D eigenvalue weighted by atomic mass is 35.5. The number of aromatic nitrogens is 3. The van der Waals surface area contributed by atoms with Crippen LogP contribution in [0.1, 0.15) is 11.1 Å². The molecule has 0 bridgehead atoms. The molecule has 148 valence electrons. The molecule has 1 aromatic heterocycles. The van der Waals surface area contributed by atoms with E-state index in [1.165, 1.54) is 0 Å². The molecule has 0 aliphatic rings. The molecule has 0 fully saturated rings. The third kappa shape index (κ3) is 4.18. The largest absolute Gasteiger partial charge is 0.496 e. The molecule has 0 aliphatic carbocycles. The predicted octanol–water partition coefficient (Wildman–Crippen LogP) is 5.76. The number of methoxy groups -OCH3 is 1. The fourth-order valence-electron chi connectivity index (χ4n) is 3.01. The molecular formula is C23H17ClN4OS. The number of para-hydroxylation sites is 1. The van der Waals surface area contributed by atoms with Crippen LogP contribution in [0.25, 0.3) is 17.1 Å². The summed E-state index contributed by atoms with van der Waals surface area (Å²) in [5, 5.41) is 19.3. The highest BCUT2D eigenvalue weighted by molar-refractivity contribution is 7.98. The van der Waals surface area contributed by atoms with E-state index in [0.717, 1.165) is 27.7 Å². The van der Waals surface area contributed by atoms with Crippen LogP contribution in [0.5, 0.6) is 5.75 Å². The van der Waals surface area contributed by atoms with Crippen LogP contribution < -0.4 is 4.74 Å². The Morgan fingerprint density at radius 1 is 1.00 bits per heavy atom. The average Bonchev–Trinajstić information content (AvgIpc) is 3.22. The lowest BCUT2D eigenvalue weighted by Gasteiger charge is -2.12. The van der Waals surface area contributed by atoms with Crippen molar-refractivity contribution in [3.8, 4) is 28.9 Å². The molecule has 7 heteroatoms. The summed E-state index contributed by atoms with van der Waals surface area (Å²) >= 11 is 7.67. The number of nitrogens with zero attached hydrogens (tertiary/aromatic N) is 4. The van der Waals surface area contributed by atoms with Gasteiger partial charge in [0, 0.05) is 16.5 Å². The summed E-state index contributed by atoms with van der Waals surface area (Å²) in [4.78, 5) is 0. The molecule has 1 heterocycles. The first-order chi connectivity index (χ1) is 14.7. The van der Waals surface area contributed by atoms with E-state index in [0.29, 0.717) is 22.2 Å². The Morgan fingerprint density at radius 2 is 1.73 bits per heavy atom. The fourth-order valence-corrected chi connectivity index (χ4v) is 4.05. The van der Waals surface area contributed by atoms with Crippen molar-refractivity contribution in [2.75, 3.05) is 7.11 Å². The second-order valence-corrected chi connectivity index (χ2v) is 7.79. The quantitative estimate of drug-likeness (QED) is 0.362. The highest BCUT2D eigenvalue weighted by Crippen LogP contribution is 2.34. The van der Waals surface area contributed by atoms with Gasteiger partial charge in [0.2, 0.25) is 0 Å². The Labute approximate surface area is 183 Å². The van der Waals surface area contributed by atoms with Crippen molar-refractivity contribution in [2.24, 2.45) is 0 Å². The van der Waals surface area contributed by atoms with E-state index in [1.807, 2.05) is 77.4 Å². The molecule has 0 atom stereocenters. The minimum atomic E-state index is 0.645. The second kappa shape index (κ2) is 9.04. The molecule has 0 saturated heterocycles. The number of hydrogen-bond acceptors (Lipinski definition) is 5. The predicted molar refractivity (Wildman–Crippen MR) is 119 cm³/mol. The molecule has 0 unspecified atom stereocenters. The van der Waals surface area contributed by atoms with E-state index < -0.39 is 0 Å². The van der Waals surface area contributed by atoms with Crippen LogP contribution in [0.15, 0.2) is 78.0 Å². The van der Waals surface area contributed by atoms with Crippen molar-refractivity contribution >= 4 is 23.4 Å². The van der Waals surface area contributed by atoms with E-state index in [4.69, 9.17) is 21.6 Å². The molecule has 0 radical (unpaired) electrons. The highest BCUT2D eigenvalue weighted by Gasteiger charge is 2.19. The minimum absolute atomic E-state index is 0.645. The number of hydrogen-bond donors (Lipinski definition) is 0. The van der Waals surface area contributed by atoms with Gasteiger partial charge in [-0.2, -0.15) is 5.26 Å². The molecule has 3 aromatic carbocycles. The minimum Gasteiger partial charge on any atom is -0.496 e. The zero-order chi connectivity index (χ0) is 20.9. The molecule has 0 saturated carbocycles. The van der Waals surface area contributed by atoms with E-state index in [1.54, 1.807) is 18.9 Å². The smallest absolute Gasteiger partial charge is 0.196 e.